The van der Waals surface area contributed by atoms with Crippen molar-refractivity contribution in [2.24, 2.45) is 0 Å². The number of nitrogens with zero attached hydrogens (tertiary/aromatic N) is 3. The van der Waals surface area contributed by atoms with Crippen LogP contribution in [0.3, 0.4) is 0 Å². The van der Waals surface area contributed by atoms with Crippen molar-refractivity contribution in [3.63, 3.8) is 0 Å². The van der Waals surface area contributed by atoms with Gasteiger partial charge in [0.1, 0.15) is 11.2 Å². The van der Waals surface area contributed by atoms with E-state index in [1.165, 1.54) is 16.3 Å². The van der Waals surface area contributed by atoms with Crippen LogP contribution in [0.15, 0.2) is 217 Å². The highest BCUT2D eigenvalue weighted by atomic mass is 16.3. The summed E-state index contributed by atoms with van der Waals surface area (Å²) in [6, 6.07) is 74.6. The Balaban J connectivity index is 1.07. The summed E-state index contributed by atoms with van der Waals surface area (Å²) >= 11 is 0. The first kappa shape index (κ1) is 34.8. The first-order valence-corrected chi connectivity index (χ1v) is 20.6. The number of rotatable bonds is 6. The normalized spacial score (nSPS) is 11.6. The quantitative estimate of drug-likeness (QED) is 0.169. The predicted molar refractivity (Wildman–Crippen MR) is 252 cm³/mol. The van der Waals surface area contributed by atoms with E-state index < -0.39 is 0 Å². The average Bonchev–Trinajstić information content (AvgIpc) is 3.73. The second-order valence-corrected chi connectivity index (χ2v) is 15.5. The molecule has 61 heavy (non-hydrogen) atoms. The molecule has 12 rings (SSSR count). The number of hydrogen-bond acceptors (Lipinski definition) is 4. The Morgan fingerprint density at radius 1 is 0.279 bits per heavy atom. The van der Waals surface area contributed by atoms with Gasteiger partial charge in [0.15, 0.2) is 17.5 Å². The van der Waals surface area contributed by atoms with Crippen LogP contribution in [0.4, 0.5) is 0 Å². The minimum Gasteiger partial charge on any atom is -0.455 e. The maximum Gasteiger partial charge on any atom is 0.164 e. The standard InChI is InChI=1S/C57H35N3O/c1-2-13-36(14-3-1)37-27-30-41(31-28-37)55-58-56(48-22-9-8-21-46(48)47-24-12-26-52-53(47)50-34-33-39-16-5-7-20-45(39)54(50)61-52)60-57(59-55)49-25-11-18-40-29-32-42(35-51(40)49)44-23-10-17-38-15-4-6-19-43(38)44/h1-35H. The molecular weight excluding hydrogens is 743 g/mol. The van der Waals surface area contributed by atoms with E-state index in [-0.39, 0.29) is 0 Å². The zero-order valence-electron chi connectivity index (χ0n) is 33.0. The van der Waals surface area contributed by atoms with Gasteiger partial charge in [0.25, 0.3) is 0 Å². The number of aromatic nitrogens is 3. The SMILES string of the molecule is c1ccc(-c2ccc(-c3nc(-c4ccccc4-c4cccc5oc6c7ccccc7ccc6c45)nc(-c4cccc5ccc(-c6cccc7ccccc67)cc45)n3)cc2)cc1. The molecule has 284 valence electrons. The minimum atomic E-state index is 0.597. The second-order valence-electron chi connectivity index (χ2n) is 15.5. The molecule has 0 bridgehead atoms. The van der Waals surface area contributed by atoms with Gasteiger partial charge in [0, 0.05) is 32.8 Å². The van der Waals surface area contributed by atoms with Crippen molar-refractivity contribution in [3.05, 3.63) is 212 Å². The van der Waals surface area contributed by atoms with Gasteiger partial charge in [-0.3, -0.25) is 0 Å². The van der Waals surface area contributed by atoms with Crippen LogP contribution >= 0.6 is 0 Å². The van der Waals surface area contributed by atoms with Gasteiger partial charge < -0.3 is 4.42 Å². The molecular formula is C57H35N3O. The summed E-state index contributed by atoms with van der Waals surface area (Å²) in [4.78, 5) is 16.0. The van der Waals surface area contributed by atoms with Gasteiger partial charge in [-0.1, -0.05) is 194 Å². The van der Waals surface area contributed by atoms with E-state index in [2.05, 4.69) is 206 Å². The maximum absolute atomic E-state index is 6.63. The highest BCUT2D eigenvalue weighted by Gasteiger charge is 2.21. The molecule has 0 N–H and O–H groups in total. The fourth-order valence-electron chi connectivity index (χ4n) is 8.99. The molecule has 0 saturated heterocycles. The Kier molecular flexibility index (Phi) is 8.13. The molecule has 0 amide bonds. The Labute approximate surface area is 352 Å². The van der Waals surface area contributed by atoms with Crippen molar-refractivity contribution >= 4 is 54.3 Å². The van der Waals surface area contributed by atoms with Gasteiger partial charge in [-0.15, -0.1) is 0 Å². The first-order chi connectivity index (χ1) is 30.2. The third-order valence-corrected chi connectivity index (χ3v) is 12.0. The molecule has 0 radical (unpaired) electrons. The average molecular weight is 778 g/mol. The number of hydrogen-bond donors (Lipinski definition) is 0. The van der Waals surface area contributed by atoms with Crippen LogP contribution in [0, 0.1) is 0 Å². The topological polar surface area (TPSA) is 51.8 Å². The van der Waals surface area contributed by atoms with Gasteiger partial charge >= 0.3 is 0 Å². The lowest BCUT2D eigenvalue weighted by molar-refractivity contribution is 0.673. The van der Waals surface area contributed by atoms with E-state index in [1.54, 1.807) is 0 Å². The maximum atomic E-state index is 6.63. The molecule has 4 heteroatoms. The lowest BCUT2D eigenvalue weighted by atomic mass is 9.94. The van der Waals surface area contributed by atoms with E-state index in [4.69, 9.17) is 19.4 Å². The van der Waals surface area contributed by atoms with E-state index in [0.29, 0.717) is 17.5 Å². The smallest absolute Gasteiger partial charge is 0.164 e. The van der Waals surface area contributed by atoms with E-state index in [0.717, 1.165) is 88.0 Å². The number of fused-ring (bicyclic) bond motifs is 7. The molecule has 0 atom stereocenters. The molecule has 0 aliphatic carbocycles. The molecule has 0 fully saturated rings. The molecule has 4 nitrogen and oxygen atoms in total. The van der Waals surface area contributed by atoms with Crippen LogP contribution in [0.2, 0.25) is 0 Å². The molecule has 10 aromatic carbocycles. The summed E-state index contributed by atoms with van der Waals surface area (Å²) in [5, 5.41) is 9.01. The molecule has 2 heterocycles. The summed E-state index contributed by atoms with van der Waals surface area (Å²) in [5.41, 5.74) is 11.2. The van der Waals surface area contributed by atoms with E-state index >= 15 is 0 Å². The number of furan rings is 1. The van der Waals surface area contributed by atoms with Crippen LogP contribution in [0.5, 0.6) is 0 Å². The Hall–Kier alpha value is -8.21. The highest BCUT2D eigenvalue weighted by molar-refractivity contribution is 6.19. The van der Waals surface area contributed by atoms with Gasteiger partial charge in [-0.05, 0) is 78.5 Å². The summed E-state index contributed by atoms with van der Waals surface area (Å²) < 4.78 is 6.63. The van der Waals surface area contributed by atoms with E-state index in [1.807, 2.05) is 6.07 Å². The van der Waals surface area contributed by atoms with Crippen molar-refractivity contribution in [3.8, 4) is 67.5 Å². The zero-order chi connectivity index (χ0) is 40.3. The van der Waals surface area contributed by atoms with Crippen LogP contribution < -0.4 is 0 Å². The Morgan fingerprint density at radius 3 is 1.62 bits per heavy atom. The van der Waals surface area contributed by atoms with Crippen molar-refractivity contribution in [1.82, 2.24) is 15.0 Å². The largest absolute Gasteiger partial charge is 0.455 e. The molecule has 0 aliphatic heterocycles. The van der Waals surface area contributed by atoms with Crippen molar-refractivity contribution in [2.75, 3.05) is 0 Å². The third kappa shape index (κ3) is 5.96. The van der Waals surface area contributed by atoms with Gasteiger partial charge in [-0.2, -0.15) is 0 Å². The predicted octanol–water partition coefficient (Wildman–Crippen LogP) is 15.2. The summed E-state index contributed by atoms with van der Waals surface area (Å²) in [5.74, 6) is 1.82. The van der Waals surface area contributed by atoms with Crippen molar-refractivity contribution < 1.29 is 4.42 Å². The Morgan fingerprint density at radius 2 is 0.803 bits per heavy atom. The fourth-order valence-corrected chi connectivity index (χ4v) is 8.99. The molecule has 0 spiro atoms. The summed E-state index contributed by atoms with van der Waals surface area (Å²) in [7, 11) is 0. The minimum absolute atomic E-state index is 0.597. The lowest BCUT2D eigenvalue weighted by Gasteiger charge is -2.14. The summed E-state index contributed by atoms with van der Waals surface area (Å²) in [6.07, 6.45) is 0. The molecule has 0 saturated carbocycles. The highest BCUT2D eigenvalue weighted by Crippen LogP contribution is 2.43. The van der Waals surface area contributed by atoms with Crippen LogP contribution in [-0.2, 0) is 0 Å². The van der Waals surface area contributed by atoms with Crippen molar-refractivity contribution in [1.29, 1.82) is 0 Å². The van der Waals surface area contributed by atoms with Crippen molar-refractivity contribution in [2.45, 2.75) is 0 Å². The monoisotopic (exact) mass is 777 g/mol. The van der Waals surface area contributed by atoms with Gasteiger partial charge in [0.05, 0.1) is 0 Å². The molecule has 2 aromatic heterocycles. The van der Waals surface area contributed by atoms with Gasteiger partial charge in [0.2, 0.25) is 0 Å². The lowest BCUT2D eigenvalue weighted by Crippen LogP contribution is -2.01. The first-order valence-electron chi connectivity index (χ1n) is 20.6. The molecule has 12 aromatic rings. The van der Waals surface area contributed by atoms with Crippen LogP contribution in [0.1, 0.15) is 0 Å². The third-order valence-electron chi connectivity index (χ3n) is 12.0. The Bertz CT molecular complexity index is 3640. The fraction of sp³-hybridized carbons (Fsp3) is 0. The van der Waals surface area contributed by atoms with Crippen LogP contribution in [0.25, 0.3) is 122 Å². The number of benzene rings is 10. The van der Waals surface area contributed by atoms with Gasteiger partial charge in [-0.25, -0.2) is 15.0 Å². The second kappa shape index (κ2) is 14.3. The molecule has 0 unspecified atom stereocenters. The summed E-state index contributed by atoms with van der Waals surface area (Å²) in [6.45, 7) is 0. The van der Waals surface area contributed by atoms with E-state index in [9.17, 15) is 0 Å². The molecule has 0 aliphatic rings. The zero-order valence-corrected chi connectivity index (χ0v) is 33.0. The van der Waals surface area contributed by atoms with Crippen LogP contribution in [-0.4, -0.2) is 15.0 Å².